The fourth-order valence-corrected chi connectivity index (χ4v) is 5.28. The van der Waals surface area contributed by atoms with E-state index in [4.69, 9.17) is 18.6 Å². The summed E-state index contributed by atoms with van der Waals surface area (Å²) in [6.45, 7) is 16.8. The van der Waals surface area contributed by atoms with Crippen LogP contribution in [0.4, 0.5) is 9.59 Å². The first kappa shape index (κ1) is 35.6. The van der Waals surface area contributed by atoms with Crippen molar-refractivity contribution >= 4 is 26.5 Å². The summed E-state index contributed by atoms with van der Waals surface area (Å²) < 4.78 is 22.9. The van der Waals surface area contributed by atoms with E-state index < -0.39 is 32.5 Å². The molecule has 0 saturated heterocycles. The van der Waals surface area contributed by atoms with E-state index in [0.29, 0.717) is 0 Å². The van der Waals surface area contributed by atoms with Crippen LogP contribution in [0, 0.1) is 5.92 Å². The molecule has 0 spiro atoms. The lowest BCUT2D eigenvalue weighted by atomic mass is 9.99. The molecule has 2 aromatic rings. The van der Waals surface area contributed by atoms with Crippen LogP contribution in [-0.2, 0) is 36.6 Å². The number of hydrogen-bond donors (Lipinski definition) is 1. The molecule has 10 heteroatoms. The molecule has 0 bridgehead atoms. The first-order valence-corrected chi connectivity index (χ1v) is 17.6. The van der Waals surface area contributed by atoms with E-state index in [1.807, 2.05) is 74.5 Å². The minimum absolute atomic E-state index is 0.00596. The van der Waals surface area contributed by atoms with Crippen LogP contribution in [0.1, 0.15) is 59.1 Å². The van der Waals surface area contributed by atoms with E-state index in [1.54, 1.807) is 6.92 Å². The number of carbonyl (C=O) groups excluding carboxylic acids is 3. The van der Waals surface area contributed by atoms with Crippen molar-refractivity contribution in [3.63, 3.8) is 0 Å². The molecule has 236 valence electrons. The van der Waals surface area contributed by atoms with Gasteiger partial charge in [-0.15, -0.1) is 0 Å². The van der Waals surface area contributed by atoms with Crippen LogP contribution >= 0.6 is 0 Å². The zero-order valence-corrected chi connectivity index (χ0v) is 27.8. The van der Waals surface area contributed by atoms with E-state index in [1.165, 1.54) is 12.2 Å². The molecule has 0 aromatic heterocycles. The highest BCUT2D eigenvalue weighted by Gasteiger charge is 2.41. The van der Waals surface area contributed by atoms with Gasteiger partial charge in [-0.05, 0) is 48.5 Å². The Labute approximate surface area is 257 Å². The van der Waals surface area contributed by atoms with Crippen molar-refractivity contribution in [1.29, 1.82) is 0 Å². The molecular weight excluding hydrogens is 564 g/mol. The van der Waals surface area contributed by atoms with Crippen molar-refractivity contribution in [2.75, 3.05) is 6.61 Å². The predicted molar refractivity (Wildman–Crippen MR) is 169 cm³/mol. The Kier molecular flexibility index (Phi) is 13.9. The third-order valence-electron chi connectivity index (χ3n) is 7.37. The van der Waals surface area contributed by atoms with Crippen LogP contribution in [0.2, 0.25) is 18.1 Å². The zero-order valence-electron chi connectivity index (χ0n) is 26.8. The Balaban J connectivity index is 2.41. The number of amides is 2. The van der Waals surface area contributed by atoms with Crippen molar-refractivity contribution in [1.82, 2.24) is 10.4 Å². The number of nitrogens with zero attached hydrogens (tertiary/aromatic N) is 1. The summed E-state index contributed by atoms with van der Waals surface area (Å²) in [5, 5.41) is 1.01. The molecule has 0 aliphatic rings. The van der Waals surface area contributed by atoms with E-state index in [9.17, 15) is 14.4 Å². The summed E-state index contributed by atoms with van der Waals surface area (Å²) in [5.41, 5.74) is 4.14. The molecule has 0 aliphatic heterocycles. The fourth-order valence-electron chi connectivity index (χ4n) is 3.81. The Hall–Kier alpha value is -3.63. The van der Waals surface area contributed by atoms with Crippen molar-refractivity contribution in [3.05, 3.63) is 83.9 Å². The van der Waals surface area contributed by atoms with Crippen LogP contribution in [0.3, 0.4) is 0 Å². The molecule has 0 aliphatic carbocycles. The van der Waals surface area contributed by atoms with Gasteiger partial charge < -0.3 is 18.6 Å². The maximum atomic E-state index is 13.6. The number of esters is 1. The topological polar surface area (TPSA) is 103 Å². The maximum absolute atomic E-state index is 13.6. The van der Waals surface area contributed by atoms with Crippen LogP contribution in [-0.4, -0.2) is 50.2 Å². The fraction of sp³-hybridized carbons (Fsp3) is 0.485. The minimum Gasteiger partial charge on any atom is -0.463 e. The van der Waals surface area contributed by atoms with E-state index in [0.717, 1.165) is 16.1 Å². The number of benzene rings is 2. The highest BCUT2D eigenvalue weighted by molar-refractivity contribution is 6.74. The number of hydrogen-bond acceptors (Lipinski definition) is 7. The third kappa shape index (κ3) is 12.2. The molecule has 43 heavy (non-hydrogen) atoms. The monoisotopic (exact) mass is 612 g/mol. The van der Waals surface area contributed by atoms with Gasteiger partial charge >= 0.3 is 18.2 Å². The zero-order chi connectivity index (χ0) is 32.0. The predicted octanol–water partition coefficient (Wildman–Crippen LogP) is 7.39. The normalized spacial score (nSPS) is 13.3. The van der Waals surface area contributed by atoms with E-state index in [-0.39, 0.29) is 43.3 Å². The van der Waals surface area contributed by atoms with Gasteiger partial charge in [0.05, 0.1) is 12.6 Å². The number of ether oxygens (including phenoxy) is 3. The molecule has 0 fully saturated rings. The SMILES string of the molecule is CCOC(=O)/C=C/[C@@H](C[C@H](O[Si](C)(C)C(C)(C)C)C(C)C)N(NC(=O)OCc1ccccc1)C(=O)OCc1ccccc1. The molecule has 2 amide bonds. The number of carbonyl (C=O) groups is 3. The molecule has 0 heterocycles. The Bertz CT molecular complexity index is 1180. The van der Waals surface area contributed by atoms with Crippen LogP contribution in [0.25, 0.3) is 0 Å². The summed E-state index contributed by atoms with van der Waals surface area (Å²) in [7, 11) is -2.22. The number of nitrogens with one attached hydrogen (secondary N) is 1. The first-order chi connectivity index (χ1) is 20.2. The summed E-state index contributed by atoms with van der Waals surface area (Å²) in [4.78, 5) is 38.9. The average Bonchev–Trinajstić information content (AvgIpc) is 2.95. The summed E-state index contributed by atoms with van der Waals surface area (Å²) >= 11 is 0. The Morgan fingerprint density at radius 1 is 0.884 bits per heavy atom. The van der Waals surface area contributed by atoms with Crippen LogP contribution in [0.5, 0.6) is 0 Å². The summed E-state index contributed by atoms with van der Waals surface area (Å²) in [6, 6.07) is 17.6. The molecule has 2 atom stereocenters. The minimum atomic E-state index is -2.22. The number of rotatable bonds is 13. The van der Waals surface area contributed by atoms with Gasteiger partial charge in [0.25, 0.3) is 0 Å². The summed E-state index contributed by atoms with van der Waals surface area (Å²) in [5.74, 6) is -0.497. The molecular formula is C33H48N2O7Si. The lowest BCUT2D eigenvalue weighted by Gasteiger charge is -2.42. The van der Waals surface area contributed by atoms with Crippen molar-refractivity contribution in [3.8, 4) is 0 Å². The maximum Gasteiger partial charge on any atom is 0.429 e. The summed E-state index contributed by atoms with van der Waals surface area (Å²) in [6.07, 6.45) is 1.11. The molecule has 2 aromatic carbocycles. The first-order valence-electron chi connectivity index (χ1n) is 14.7. The van der Waals surface area contributed by atoms with Crippen molar-refractivity contribution in [2.45, 2.75) is 91.5 Å². The standard InChI is InChI=1S/C33H48N2O7Si/c1-9-39-30(36)21-20-28(22-29(25(2)3)42-43(7,8)33(4,5)6)35(32(38)41-24-27-18-14-11-15-19-27)34-31(37)40-23-26-16-12-10-13-17-26/h10-21,25,28-29H,9,22-24H2,1-8H3,(H,34,37)/b21-20+/t28-,29-/m0/s1. The van der Waals surface area contributed by atoms with Crippen LogP contribution in [0.15, 0.2) is 72.8 Å². The average molecular weight is 613 g/mol. The molecule has 9 nitrogen and oxygen atoms in total. The van der Waals surface area contributed by atoms with Gasteiger partial charge in [0.2, 0.25) is 0 Å². The van der Waals surface area contributed by atoms with Crippen molar-refractivity contribution < 1.29 is 33.0 Å². The second kappa shape index (κ2) is 16.9. The van der Waals surface area contributed by atoms with E-state index >= 15 is 0 Å². The molecule has 2 rings (SSSR count). The molecule has 0 saturated carbocycles. The molecule has 1 N–H and O–H groups in total. The highest BCUT2D eigenvalue weighted by Crippen LogP contribution is 2.39. The van der Waals surface area contributed by atoms with Crippen LogP contribution < -0.4 is 5.43 Å². The quantitative estimate of drug-likeness (QED) is 0.0827. The molecule has 0 radical (unpaired) electrons. The van der Waals surface area contributed by atoms with Gasteiger partial charge in [0, 0.05) is 12.2 Å². The lowest BCUT2D eigenvalue weighted by Crippen LogP contribution is -2.54. The van der Waals surface area contributed by atoms with Gasteiger partial charge in [-0.3, -0.25) is 0 Å². The van der Waals surface area contributed by atoms with Gasteiger partial charge in [0.1, 0.15) is 13.2 Å². The second-order valence-corrected chi connectivity index (χ2v) is 16.9. The van der Waals surface area contributed by atoms with Gasteiger partial charge in [-0.25, -0.2) is 24.8 Å². The van der Waals surface area contributed by atoms with Crippen molar-refractivity contribution in [2.24, 2.45) is 5.92 Å². The largest absolute Gasteiger partial charge is 0.463 e. The Morgan fingerprint density at radius 2 is 1.42 bits per heavy atom. The van der Waals surface area contributed by atoms with Gasteiger partial charge in [-0.1, -0.05) is 101 Å². The van der Waals surface area contributed by atoms with Gasteiger partial charge in [-0.2, -0.15) is 0 Å². The third-order valence-corrected chi connectivity index (χ3v) is 11.9. The number of hydrazine groups is 1. The second-order valence-electron chi connectivity index (χ2n) is 12.2. The van der Waals surface area contributed by atoms with Gasteiger partial charge in [0.15, 0.2) is 8.32 Å². The van der Waals surface area contributed by atoms with E-state index in [2.05, 4.69) is 39.3 Å². The lowest BCUT2D eigenvalue weighted by molar-refractivity contribution is -0.137. The Morgan fingerprint density at radius 3 is 1.91 bits per heavy atom. The molecule has 0 unspecified atom stereocenters. The highest BCUT2D eigenvalue weighted by atomic mass is 28.4. The smallest absolute Gasteiger partial charge is 0.429 e.